The largest absolute Gasteiger partial charge is 0.487 e. The second-order valence-electron chi connectivity index (χ2n) is 6.43. The molecule has 0 bridgehead atoms. The van der Waals surface area contributed by atoms with E-state index in [2.05, 4.69) is 24.7 Å². The van der Waals surface area contributed by atoms with Gasteiger partial charge in [-0.05, 0) is 17.2 Å². The third kappa shape index (κ3) is 4.02. The van der Waals surface area contributed by atoms with Crippen molar-refractivity contribution in [3.05, 3.63) is 71.8 Å². The Labute approximate surface area is 170 Å². The molecule has 0 aliphatic carbocycles. The second kappa shape index (κ2) is 8.11. The van der Waals surface area contributed by atoms with Gasteiger partial charge in [0.15, 0.2) is 11.5 Å². The Morgan fingerprint density at radius 1 is 1.20 bits per heavy atom. The smallest absolute Gasteiger partial charge is 0.339 e. The van der Waals surface area contributed by atoms with E-state index in [1.165, 1.54) is 19.5 Å². The van der Waals surface area contributed by atoms with Crippen LogP contribution in [0.15, 0.2) is 49.1 Å². The van der Waals surface area contributed by atoms with Gasteiger partial charge in [-0.3, -0.25) is 4.98 Å². The van der Waals surface area contributed by atoms with E-state index >= 15 is 0 Å². The highest BCUT2D eigenvalue weighted by molar-refractivity contribution is 5.89. The molecule has 0 saturated carbocycles. The van der Waals surface area contributed by atoms with E-state index in [1.807, 2.05) is 24.3 Å². The lowest BCUT2D eigenvalue weighted by Crippen LogP contribution is -2.04. The summed E-state index contributed by atoms with van der Waals surface area (Å²) in [6.45, 7) is 0.689. The third-order valence-electron chi connectivity index (χ3n) is 4.35. The highest BCUT2D eigenvalue weighted by Gasteiger charge is 2.12. The van der Waals surface area contributed by atoms with Crippen molar-refractivity contribution in [1.29, 1.82) is 0 Å². The molecule has 0 atom stereocenters. The average molecular weight is 408 g/mol. The van der Waals surface area contributed by atoms with Crippen molar-refractivity contribution in [2.24, 2.45) is 0 Å². The monoisotopic (exact) mass is 408 g/mol. The van der Waals surface area contributed by atoms with Crippen LogP contribution in [0.2, 0.25) is 0 Å². The number of anilines is 1. The van der Waals surface area contributed by atoms with E-state index in [-0.39, 0.29) is 12.4 Å². The number of benzene rings is 1. The minimum absolute atomic E-state index is 0.00111. The molecule has 0 unspecified atom stereocenters. The van der Waals surface area contributed by atoms with Crippen LogP contribution in [0.5, 0.6) is 5.75 Å². The number of hydrogen-bond acceptors (Lipinski definition) is 8. The number of carbonyl (C=O) groups excluding carboxylic acids is 1. The summed E-state index contributed by atoms with van der Waals surface area (Å²) in [5.41, 5.74) is 8.54. The minimum atomic E-state index is -0.897. The standard InChI is InChI=1S/C20H17FN6O3/c1-29-19(28)14-6-15(8-23-7-14)30-10-13-4-2-3-12(5-13)9-27-11-24-16-17(22)25-20(21)26-18(16)27/h2-8,11H,9-10H2,1H3,(H2,22,25,26). The molecular weight excluding hydrogens is 391 g/mol. The number of methoxy groups -OCH3 is 1. The number of hydrogen-bond donors (Lipinski definition) is 1. The predicted molar refractivity (Wildman–Crippen MR) is 105 cm³/mol. The fourth-order valence-corrected chi connectivity index (χ4v) is 2.96. The van der Waals surface area contributed by atoms with Crippen LogP contribution in [-0.4, -0.2) is 37.6 Å². The van der Waals surface area contributed by atoms with Crippen LogP contribution in [0, 0.1) is 6.08 Å². The Bertz CT molecular complexity index is 1230. The number of halogens is 1. The topological polar surface area (TPSA) is 118 Å². The number of nitrogens with two attached hydrogens (primary N) is 1. The number of carbonyl (C=O) groups is 1. The number of aromatic nitrogens is 5. The molecule has 0 amide bonds. The molecule has 10 heteroatoms. The van der Waals surface area contributed by atoms with Gasteiger partial charge in [0.1, 0.15) is 17.9 Å². The van der Waals surface area contributed by atoms with Crippen LogP contribution in [0.3, 0.4) is 0 Å². The summed E-state index contributed by atoms with van der Waals surface area (Å²) in [5.74, 6) is -0.0314. The maximum atomic E-state index is 13.5. The number of nitrogens with zero attached hydrogens (tertiary/aromatic N) is 5. The van der Waals surface area contributed by atoms with Gasteiger partial charge in [0, 0.05) is 6.20 Å². The zero-order valence-electron chi connectivity index (χ0n) is 15.9. The van der Waals surface area contributed by atoms with Gasteiger partial charge in [0.25, 0.3) is 0 Å². The molecule has 0 aliphatic heterocycles. The summed E-state index contributed by atoms with van der Waals surface area (Å²) in [6.07, 6.45) is 3.58. The first-order chi connectivity index (χ1) is 14.5. The van der Waals surface area contributed by atoms with Crippen LogP contribution < -0.4 is 10.5 Å². The zero-order chi connectivity index (χ0) is 21.1. The van der Waals surface area contributed by atoms with E-state index in [9.17, 15) is 9.18 Å². The molecule has 3 aromatic heterocycles. The van der Waals surface area contributed by atoms with Gasteiger partial charge >= 0.3 is 12.0 Å². The van der Waals surface area contributed by atoms with E-state index in [4.69, 9.17) is 10.5 Å². The number of imidazole rings is 1. The maximum Gasteiger partial charge on any atom is 0.339 e. The van der Waals surface area contributed by atoms with E-state index < -0.39 is 12.0 Å². The fraction of sp³-hybridized carbons (Fsp3) is 0.150. The predicted octanol–water partition coefficient (Wildman–Crippen LogP) is 2.36. The summed E-state index contributed by atoms with van der Waals surface area (Å²) in [4.78, 5) is 27.0. The first-order valence-electron chi connectivity index (χ1n) is 8.91. The Morgan fingerprint density at radius 2 is 2.03 bits per heavy atom. The highest BCUT2D eigenvalue weighted by Crippen LogP contribution is 2.18. The van der Waals surface area contributed by atoms with Crippen molar-refractivity contribution in [1.82, 2.24) is 24.5 Å². The Balaban J connectivity index is 1.49. The molecule has 0 spiro atoms. The number of nitrogen functional groups attached to an aromatic ring is 1. The van der Waals surface area contributed by atoms with E-state index in [0.29, 0.717) is 29.0 Å². The molecule has 9 nitrogen and oxygen atoms in total. The van der Waals surface area contributed by atoms with Gasteiger partial charge in [-0.1, -0.05) is 24.3 Å². The summed E-state index contributed by atoms with van der Waals surface area (Å²) >= 11 is 0. The number of esters is 1. The Morgan fingerprint density at radius 3 is 2.87 bits per heavy atom. The average Bonchev–Trinajstić information content (AvgIpc) is 3.15. The Kier molecular flexibility index (Phi) is 5.21. The van der Waals surface area contributed by atoms with Crippen LogP contribution in [0.25, 0.3) is 11.2 Å². The fourth-order valence-electron chi connectivity index (χ4n) is 2.96. The normalized spacial score (nSPS) is 10.9. The maximum absolute atomic E-state index is 13.5. The molecule has 0 aliphatic rings. The van der Waals surface area contributed by atoms with Crippen LogP contribution >= 0.6 is 0 Å². The Hall–Kier alpha value is -4.08. The van der Waals surface area contributed by atoms with E-state index in [0.717, 1.165) is 11.1 Å². The molecule has 4 rings (SSSR count). The zero-order valence-corrected chi connectivity index (χ0v) is 15.9. The SMILES string of the molecule is COC(=O)c1cncc(OCc2cccc(Cn3cnc4c(N)nc(F)nc43)c2)c1. The van der Waals surface area contributed by atoms with Crippen LogP contribution in [-0.2, 0) is 17.9 Å². The second-order valence-corrected chi connectivity index (χ2v) is 6.43. The van der Waals surface area contributed by atoms with Crippen molar-refractivity contribution in [3.63, 3.8) is 0 Å². The molecule has 0 radical (unpaired) electrons. The molecule has 30 heavy (non-hydrogen) atoms. The van der Waals surface area contributed by atoms with Crippen molar-refractivity contribution >= 4 is 23.0 Å². The number of ether oxygens (including phenoxy) is 2. The highest BCUT2D eigenvalue weighted by atomic mass is 19.1. The lowest BCUT2D eigenvalue weighted by Gasteiger charge is -2.09. The van der Waals surface area contributed by atoms with Crippen molar-refractivity contribution in [3.8, 4) is 5.75 Å². The molecule has 4 aromatic rings. The van der Waals surface area contributed by atoms with Gasteiger partial charge < -0.3 is 19.8 Å². The van der Waals surface area contributed by atoms with Crippen molar-refractivity contribution in [2.45, 2.75) is 13.2 Å². The quantitative estimate of drug-likeness (QED) is 0.382. The molecule has 1 aromatic carbocycles. The first kappa shape index (κ1) is 19.2. The van der Waals surface area contributed by atoms with Gasteiger partial charge in [-0.2, -0.15) is 14.4 Å². The molecule has 2 N–H and O–H groups in total. The van der Waals surface area contributed by atoms with Crippen LogP contribution in [0.1, 0.15) is 21.5 Å². The van der Waals surface area contributed by atoms with Gasteiger partial charge in [-0.15, -0.1) is 0 Å². The van der Waals surface area contributed by atoms with Crippen molar-refractivity contribution in [2.75, 3.05) is 12.8 Å². The summed E-state index contributed by atoms with van der Waals surface area (Å²) in [7, 11) is 1.31. The minimum Gasteiger partial charge on any atom is -0.487 e. The van der Waals surface area contributed by atoms with E-state index in [1.54, 1.807) is 17.0 Å². The third-order valence-corrected chi connectivity index (χ3v) is 4.35. The molecule has 0 fully saturated rings. The molecular formula is C20H17FN6O3. The number of fused-ring (bicyclic) bond motifs is 1. The van der Waals surface area contributed by atoms with Crippen LogP contribution in [0.4, 0.5) is 10.2 Å². The molecule has 0 saturated heterocycles. The number of pyridine rings is 1. The van der Waals surface area contributed by atoms with Crippen molar-refractivity contribution < 1.29 is 18.7 Å². The molecule has 152 valence electrons. The van der Waals surface area contributed by atoms with Gasteiger partial charge in [-0.25, -0.2) is 9.78 Å². The lowest BCUT2D eigenvalue weighted by atomic mass is 10.1. The molecule has 3 heterocycles. The summed E-state index contributed by atoms with van der Waals surface area (Å²) < 4.78 is 25.6. The number of rotatable bonds is 6. The van der Waals surface area contributed by atoms with Gasteiger partial charge in [0.2, 0.25) is 0 Å². The lowest BCUT2D eigenvalue weighted by molar-refractivity contribution is 0.0599. The first-order valence-corrected chi connectivity index (χ1v) is 8.91. The summed E-state index contributed by atoms with van der Waals surface area (Å²) in [6, 6.07) is 9.24. The van der Waals surface area contributed by atoms with Gasteiger partial charge in [0.05, 0.1) is 31.7 Å². The summed E-state index contributed by atoms with van der Waals surface area (Å²) in [5, 5.41) is 0.